The van der Waals surface area contributed by atoms with Crippen molar-refractivity contribution < 1.29 is 0 Å². The summed E-state index contributed by atoms with van der Waals surface area (Å²) in [6, 6.07) is 4.84. The lowest BCUT2D eigenvalue weighted by molar-refractivity contribution is 0.427. The van der Waals surface area contributed by atoms with E-state index in [0.717, 1.165) is 11.6 Å². The summed E-state index contributed by atoms with van der Waals surface area (Å²) in [5.74, 6) is 0.980. The lowest BCUT2D eigenvalue weighted by Gasteiger charge is -2.19. The molecule has 1 aromatic heterocycles. The molecule has 1 saturated carbocycles. The lowest BCUT2D eigenvalue weighted by atomic mass is 9.95. The molecule has 0 saturated heterocycles. The summed E-state index contributed by atoms with van der Waals surface area (Å²) < 4.78 is 0. The number of hydrogen-bond acceptors (Lipinski definition) is 2. The minimum Gasteiger partial charge on any atom is -0.313 e. The van der Waals surface area contributed by atoms with E-state index in [-0.39, 0.29) is 0 Å². The molecule has 2 rings (SSSR count). The molecule has 17 heavy (non-hydrogen) atoms. The van der Waals surface area contributed by atoms with Crippen LogP contribution in [0.25, 0.3) is 0 Å². The van der Waals surface area contributed by atoms with Crippen molar-refractivity contribution >= 4 is 0 Å². The first-order chi connectivity index (χ1) is 8.29. The van der Waals surface area contributed by atoms with Crippen LogP contribution in [0.3, 0.4) is 0 Å². The van der Waals surface area contributed by atoms with Crippen molar-refractivity contribution in [3.8, 4) is 0 Å². The van der Waals surface area contributed by atoms with Gasteiger partial charge in [-0.3, -0.25) is 4.98 Å². The summed E-state index contributed by atoms with van der Waals surface area (Å²) in [4.78, 5) is 4.27. The van der Waals surface area contributed by atoms with Crippen molar-refractivity contribution in [1.29, 1.82) is 0 Å². The molecule has 1 N–H and O–H groups in total. The summed E-state index contributed by atoms with van der Waals surface area (Å²) in [6.07, 6.45) is 10.3. The molecule has 0 aliphatic heterocycles. The molecule has 1 heterocycles. The molecule has 1 aliphatic rings. The number of rotatable bonds is 5. The van der Waals surface area contributed by atoms with Crippen molar-refractivity contribution in [3.05, 3.63) is 29.6 Å². The first-order valence-corrected chi connectivity index (χ1v) is 6.89. The van der Waals surface area contributed by atoms with Crippen molar-refractivity contribution in [1.82, 2.24) is 10.3 Å². The predicted octanol–water partition coefficient (Wildman–Crippen LogP) is 3.62. The van der Waals surface area contributed by atoms with Gasteiger partial charge in [-0.1, -0.05) is 25.7 Å². The quantitative estimate of drug-likeness (QED) is 0.838. The molecule has 0 radical (unpaired) electrons. The van der Waals surface area contributed by atoms with E-state index in [1.54, 1.807) is 0 Å². The maximum Gasteiger partial charge on any atom is 0.0375 e. The van der Waals surface area contributed by atoms with Crippen LogP contribution in [0.5, 0.6) is 0 Å². The van der Waals surface area contributed by atoms with E-state index >= 15 is 0 Å². The van der Waals surface area contributed by atoms with Crippen molar-refractivity contribution in [2.24, 2.45) is 5.92 Å². The lowest BCUT2D eigenvalue weighted by Crippen LogP contribution is -2.17. The fourth-order valence-electron chi connectivity index (χ4n) is 2.96. The molecule has 0 bridgehead atoms. The van der Waals surface area contributed by atoms with Crippen LogP contribution in [-0.4, -0.2) is 12.0 Å². The van der Waals surface area contributed by atoms with Crippen LogP contribution < -0.4 is 5.32 Å². The number of nitrogens with zero attached hydrogens (tertiary/aromatic N) is 1. The first-order valence-electron chi connectivity index (χ1n) is 6.89. The van der Waals surface area contributed by atoms with Gasteiger partial charge >= 0.3 is 0 Å². The van der Waals surface area contributed by atoms with E-state index in [0.29, 0.717) is 6.04 Å². The van der Waals surface area contributed by atoms with Gasteiger partial charge in [0.2, 0.25) is 0 Å². The standard InChI is InChI=1S/C15H24N2/c1-12-11-14(9-10-17-12)15(16-2)8-7-13-5-3-4-6-13/h9-11,13,15-16H,3-8H2,1-2H3. The second-order valence-electron chi connectivity index (χ2n) is 5.30. The minimum absolute atomic E-state index is 0.497. The van der Waals surface area contributed by atoms with Crippen LogP contribution in [0, 0.1) is 12.8 Å². The second-order valence-corrected chi connectivity index (χ2v) is 5.30. The maximum atomic E-state index is 4.27. The Balaban J connectivity index is 1.91. The molecule has 0 amide bonds. The Labute approximate surface area is 105 Å². The molecule has 0 spiro atoms. The highest BCUT2D eigenvalue weighted by molar-refractivity contribution is 5.19. The molecular formula is C15H24N2. The molecule has 1 atom stereocenters. The second kappa shape index (κ2) is 6.15. The van der Waals surface area contributed by atoms with Crippen LogP contribution in [0.15, 0.2) is 18.3 Å². The minimum atomic E-state index is 0.497. The molecule has 1 aliphatic carbocycles. The van der Waals surface area contributed by atoms with Gasteiger partial charge in [-0.05, 0) is 50.4 Å². The Kier molecular flexibility index (Phi) is 4.55. The van der Waals surface area contributed by atoms with Gasteiger partial charge in [0.15, 0.2) is 0 Å². The highest BCUT2D eigenvalue weighted by Gasteiger charge is 2.17. The maximum absolute atomic E-state index is 4.27. The van der Waals surface area contributed by atoms with Gasteiger partial charge in [-0.25, -0.2) is 0 Å². The molecule has 1 fully saturated rings. The third kappa shape index (κ3) is 3.53. The van der Waals surface area contributed by atoms with E-state index in [1.165, 1.54) is 44.1 Å². The van der Waals surface area contributed by atoms with Gasteiger partial charge < -0.3 is 5.32 Å². The molecule has 1 aromatic rings. The van der Waals surface area contributed by atoms with Gasteiger partial charge in [0.05, 0.1) is 0 Å². The van der Waals surface area contributed by atoms with Crippen LogP contribution >= 0.6 is 0 Å². The zero-order valence-electron chi connectivity index (χ0n) is 11.1. The first kappa shape index (κ1) is 12.6. The smallest absolute Gasteiger partial charge is 0.0375 e. The highest BCUT2D eigenvalue weighted by Crippen LogP contribution is 2.31. The average Bonchev–Trinajstić information content (AvgIpc) is 2.83. The monoisotopic (exact) mass is 232 g/mol. The number of aryl methyl sites for hydroxylation is 1. The Morgan fingerprint density at radius 1 is 1.41 bits per heavy atom. The normalized spacial score (nSPS) is 18.5. The third-order valence-electron chi connectivity index (χ3n) is 4.01. The summed E-state index contributed by atoms with van der Waals surface area (Å²) in [6.45, 7) is 2.06. The van der Waals surface area contributed by atoms with Crippen molar-refractivity contribution in [2.75, 3.05) is 7.05 Å². The highest BCUT2D eigenvalue weighted by atomic mass is 14.9. The number of aromatic nitrogens is 1. The largest absolute Gasteiger partial charge is 0.313 e. The predicted molar refractivity (Wildman–Crippen MR) is 72.0 cm³/mol. The molecule has 94 valence electrons. The van der Waals surface area contributed by atoms with Gasteiger partial charge in [-0.15, -0.1) is 0 Å². The summed E-state index contributed by atoms with van der Waals surface area (Å²) in [5.41, 5.74) is 2.50. The Morgan fingerprint density at radius 2 is 2.18 bits per heavy atom. The average molecular weight is 232 g/mol. The van der Waals surface area contributed by atoms with E-state index < -0.39 is 0 Å². The van der Waals surface area contributed by atoms with E-state index in [4.69, 9.17) is 0 Å². The van der Waals surface area contributed by atoms with Gasteiger partial charge in [0.25, 0.3) is 0 Å². The Hall–Kier alpha value is -0.890. The Bertz CT molecular complexity index is 343. The van der Waals surface area contributed by atoms with Crippen LogP contribution in [0.4, 0.5) is 0 Å². The number of pyridine rings is 1. The van der Waals surface area contributed by atoms with Crippen LogP contribution in [-0.2, 0) is 0 Å². The Morgan fingerprint density at radius 3 is 2.82 bits per heavy atom. The molecule has 0 aromatic carbocycles. The summed E-state index contributed by atoms with van der Waals surface area (Å²) in [5, 5.41) is 3.44. The zero-order chi connectivity index (χ0) is 12.1. The van der Waals surface area contributed by atoms with Crippen molar-refractivity contribution in [2.45, 2.75) is 51.5 Å². The van der Waals surface area contributed by atoms with Gasteiger partial charge in [0.1, 0.15) is 0 Å². The molecule has 2 heteroatoms. The summed E-state index contributed by atoms with van der Waals surface area (Å²) >= 11 is 0. The topological polar surface area (TPSA) is 24.9 Å². The number of hydrogen-bond donors (Lipinski definition) is 1. The van der Waals surface area contributed by atoms with E-state index in [2.05, 4.69) is 36.4 Å². The van der Waals surface area contributed by atoms with Gasteiger partial charge in [-0.2, -0.15) is 0 Å². The van der Waals surface area contributed by atoms with E-state index in [1.807, 2.05) is 6.20 Å². The molecular weight excluding hydrogens is 208 g/mol. The fourth-order valence-corrected chi connectivity index (χ4v) is 2.96. The van der Waals surface area contributed by atoms with Gasteiger partial charge in [0, 0.05) is 17.9 Å². The molecule has 1 unspecified atom stereocenters. The number of nitrogens with one attached hydrogen (secondary N) is 1. The molecule has 2 nitrogen and oxygen atoms in total. The van der Waals surface area contributed by atoms with Crippen molar-refractivity contribution in [3.63, 3.8) is 0 Å². The van der Waals surface area contributed by atoms with Crippen LogP contribution in [0.2, 0.25) is 0 Å². The fraction of sp³-hybridized carbons (Fsp3) is 0.667. The van der Waals surface area contributed by atoms with E-state index in [9.17, 15) is 0 Å². The third-order valence-corrected chi connectivity index (χ3v) is 4.01. The zero-order valence-corrected chi connectivity index (χ0v) is 11.1. The SMILES string of the molecule is CNC(CCC1CCCC1)c1ccnc(C)c1. The summed E-state index contributed by atoms with van der Waals surface area (Å²) in [7, 11) is 2.06. The van der Waals surface area contributed by atoms with Crippen LogP contribution in [0.1, 0.15) is 55.8 Å².